The van der Waals surface area contributed by atoms with E-state index in [2.05, 4.69) is 25.6 Å². The highest BCUT2D eigenvalue weighted by Crippen LogP contribution is 2.29. The molecule has 2 atom stereocenters. The number of aliphatic hydroxyl groups is 1. The Morgan fingerprint density at radius 2 is 2.15 bits per heavy atom. The number of ether oxygens (including phenoxy) is 1. The number of aliphatic hydroxyl groups excluding tert-OH is 1. The number of nitrogens with zero attached hydrogens (tertiary/aromatic N) is 4. The van der Waals surface area contributed by atoms with Gasteiger partial charge in [0, 0.05) is 6.20 Å². The normalized spacial score (nSPS) is 19.6. The summed E-state index contributed by atoms with van der Waals surface area (Å²) in [5.41, 5.74) is 0.291. The number of anilines is 3. The minimum Gasteiger partial charge on any atom is -0.480 e. The second-order valence-corrected chi connectivity index (χ2v) is 5.97. The molecule has 0 spiro atoms. The van der Waals surface area contributed by atoms with Crippen molar-refractivity contribution in [2.45, 2.75) is 37.8 Å². The molecule has 10 heteroatoms. The van der Waals surface area contributed by atoms with E-state index in [-0.39, 0.29) is 23.5 Å². The van der Waals surface area contributed by atoms with Gasteiger partial charge in [-0.3, -0.25) is 10.1 Å². The zero-order valence-electron chi connectivity index (χ0n) is 14.3. The topological polar surface area (TPSA) is 135 Å². The highest BCUT2D eigenvalue weighted by Gasteiger charge is 2.27. The first-order chi connectivity index (χ1) is 12.6. The van der Waals surface area contributed by atoms with E-state index < -0.39 is 11.0 Å². The second kappa shape index (κ2) is 7.91. The van der Waals surface area contributed by atoms with Crippen LogP contribution in [0.5, 0.6) is 5.88 Å². The Labute approximate surface area is 149 Å². The van der Waals surface area contributed by atoms with Gasteiger partial charge in [-0.25, -0.2) is 9.97 Å². The molecule has 26 heavy (non-hydrogen) atoms. The minimum atomic E-state index is -0.562. The summed E-state index contributed by atoms with van der Waals surface area (Å²) in [6, 6.07) is 3.17. The fourth-order valence-corrected chi connectivity index (χ4v) is 2.90. The Morgan fingerprint density at radius 3 is 2.88 bits per heavy atom. The van der Waals surface area contributed by atoms with E-state index >= 15 is 0 Å². The Kier molecular flexibility index (Phi) is 5.42. The summed E-state index contributed by atoms with van der Waals surface area (Å²) in [5.74, 6) is 0.586. The van der Waals surface area contributed by atoms with Crippen molar-refractivity contribution in [1.29, 1.82) is 0 Å². The molecular formula is C16H20N6O4. The molecule has 3 rings (SSSR count). The van der Waals surface area contributed by atoms with E-state index in [1.165, 1.54) is 7.11 Å². The van der Waals surface area contributed by atoms with Crippen LogP contribution < -0.4 is 15.4 Å². The molecule has 0 bridgehead atoms. The van der Waals surface area contributed by atoms with Crippen LogP contribution in [-0.4, -0.2) is 44.2 Å². The van der Waals surface area contributed by atoms with E-state index in [1.54, 1.807) is 18.3 Å². The third kappa shape index (κ3) is 3.97. The zero-order valence-corrected chi connectivity index (χ0v) is 14.3. The molecule has 2 heterocycles. The number of rotatable bonds is 6. The first-order valence-corrected chi connectivity index (χ1v) is 8.30. The lowest BCUT2D eigenvalue weighted by Gasteiger charge is -2.28. The molecule has 138 valence electrons. The summed E-state index contributed by atoms with van der Waals surface area (Å²) in [6.45, 7) is 0. The molecule has 0 saturated heterocycles. The van der Waals surface area contributed by atoms with Crippen molar-refractivity contribution in [3.8, 4) is 5.88 Å². The van der Waals surface area contributed by atoms with Crippen LogP contribution in [0.15, 0.2) is 24.5 Å². The quantitative estimate of drug-likeness (QED) is 0.523. The van der Waals surface area contributed by atoms with Gasteiger partial charge in [-0.1, -0.05) is 12.8 Å². The van der Waals surface area contributed by atoms with Gasteiger partial charge in [0.15, 0.2) is 0 Å². The van der Waals surface area contributed by atoms with Crippen molar-refractivity contribution in [3.05, 3.63) is 34.6 Å². The van der Waals surface area contributed by atoms with Gasteiger partial charge in [-0.15, -0.1) is 0 Å². The van der Waals surface area contributed by atoms with Gasteiger partial charge in [-0.05, 0) is 25.0 Å². The van der Waals surface area contributed by atoms with E-state index in [4.69, 9.17) is 4.74 Å². The smallest absolute Gasteiger partial charge is 0.329 e. The number of hydrogen-bond donors (Lipinski definition) is 3. The van der Waals surface area contributed by atoms with Crippen molar-refractivity contribution in [2.24, 2.45) is 0 Å². The van der Waals surface area contributed by atoms with Crippen LogP contribution in [0.3, 0.4) is 0 Å². The van der Waals surface area contributed by atoms with Gasteiger partial charge in [0.1, 0.15) is 11.9 Å². The molecule has 1 aliphatic carbocycles. The van der Waals surface area contributed by atoms with Crippen LogP contribution in [0.2, 0.25) is 0 Å². The summed E-state index contributed by atoms with van der Waals surface area (Å²) in [6.07, 6.45) is 5.43. The number of nitro groups is 1. The van der Waals surface area contributed by atoms with Crippen molar-refractivity contribution in [2.75, 3.05) is 17.7 Å². The fourth-order valence-electron chi connectivity index (χ4n) is 2.90. The van der Waals surface area contributed by atoms with Crippen LogP contribution in [0, 0.1) is 10.1 Å². The third-order valence-electron chi connectivity index (χ3n) is 4.23. The molecule has 1 saturated carbocycles. The molecule has 2 aromatic heterocycles. The Balaban J connectivity index is 1.87. The van der Waals surface area contributed by atoms with Gasteiger partial charge in [-0.2, -0.15) is 4.98 Å². The standard InChI is InChI=1S/C16H20N6O4/c1-26-15-11(6-4-8-17-15)20-16-18-9-12(22(24)25)14(21-16)19-10-5-2-3-7-13(10)23/h4,6,8-10,13,23H,2-3,5,7H2,1H3,(H2,18,19,20,21)/t10-,13-/m0/s1. The molecule has 10 nitrogen and oxygen atoms in total. The first kappa shape index (κ1) is 17.8. The molecule has 0 aromatic carbocycles. The van der Waals surface area contributed by atoms with Gasteiger partial charge in [0.05, 0.1) is 24.2 Å². The van der Waals surface area contributed by atoms with E-state index in [0.717, 1.165) is 25.5 Å². The van der Waals surface area contributed by atoms with Gasteiger partial charge < -0.3 is 20.5 Å². The summed E-state index contributed by atoms with van der Waals surface area (Å²) in [5, 5.41) is 27.4. The molecule has 1 fully saturated rings. The predicted octanol–water partition coefficient (Wildman–Crippen LogP) is 2.25. The maximum absolute atomic E-state index is 11.3. The summed E-state index contributed by atoms with van der Waals surface area (Å²) in [4.78, 5) is 23.0. The Bertz CT molecular complexity index is 787. The molecule has 1 aliphatic rings. The zero-order chi connectivity index (χ0) is 18.5. The van der Waals surface area contributed by atoms with Gasteiger partial charge in [0.25, 0.3) is 0 Å². The highest BCUT2D eigenvalue weighted by molar-refractivity contribution is 5.63. The molecular weight excluding hydrogens is 340 g/mol. The van der Waals surface area contributed by atoms with Crippen LogP contribution in [-0.2, 0) is 0 Å². The molecule has 0 radical (unpaired) electrons. The average molecular weight is 360 g/mol. The van der Waals surface area contributed by atoms with E-state index in [0.29, 0.717) is 18.0 Å². The Hall–Kier alpha value is -3.01. The van der Waals surface area contributed by atoms with Gasteiger partial charge >= 0.3 is 5.69 Å². The maximum Gasteiger partial charge on any atom is 0.329 e. The molecule has 0 unspecified atom stereocenters. The maximum atomic E-state index is 11.3. The average Bonchev–Trinajstić information content (AvgIpc) is 2.64. The van der Waals surface area contributed by atoms with Gasteiger partial charge in [0.2, 0.25) is 17.6 Å². The largest absolute Gasteiger partial charge is 0.480 e. The second-order valence-electron chi connectivity index (χ2n) is 5.97. The number of pyridine rings is 1. The van der Waals surface area contributed by atoms with Crippen LogP contribution in [0.4, 0.5) is 23.1 Å². The lowest BCUT2D eigenvalue weighted by atomic mass is 9.92. The van der Waals surface area contributed by atoms with Crippen LogP contribution in [0.1, 0.15) is 25.7 Å². The predicted molar refractivity (Wildman–Crippen MR) is 94.6 cm³/mol. The van der Waals surface area contributed by atoms with Crippen LogP contribution in [0.25, 0.3) is 0 Å². The number of nitrogens with one attached hydrogen (secondary N) is 2. The van der Waals surface area contributed by atoms with E-state index in [9.17, 15) is 15.2 Å². The first-order valence-electron chi connectivity index (χ1n) is 8.30. The number of methoxy groups -OCH3 is 1. The SMILES string of the molecule is COc1ncccc1Nc1ncc([N+](=O)[O-])c(N[C@H]2CCCC[C@@H]2O)n1. The van der Waals surface area contributed by atoms with Crippen molar-refractivity contribution in [3.63, 3.8) is 0 Å². The van der Waals surface area contributed by atoms with Crippen molar-refractivity contribution in [1.82, 2.24) is 15.0 Å². The van der Waals surface area contributed by atoms with Crippen molar-refractivity contribution >= 4 is 23.1 Å². The summed E-state index contributed by atoms with van der Waals surface area (Å²) >= 11 is 0. The lowest BCUT2D eigenvalue weighted by molar-refractivity contribution is -0.384. The van der Waals surface area contributed by atoms with Crippen LogP contribution >= 0.6 is 0 Å². The molecule has 0 aliphatic heterocycles. The molecule has 3 N–H and O–H groups in total. The molecule has 2 aromatic rings. The highest BCUT2D eigenvalue weighted by atomic mass is 16.6. The minimum absolute atomic E-state index is 0.0707. The lowest BCUT2D eigenvalue weighted by Crippen LogP contribution is -2.36. The van der Waals surface area contributed by atoms with Crippen molar-refractivity contribution < 1.29 is 14.8 Å². The summed E-state index contributed by atoms with van der Waals surface area (Å²) < 4.78 is 5.16. The Morgan fingerprint density at radius 1 is 1.35 bits per heavy atom. The summed E-state index contributed by atoms with van der Waals surface area (Å²) in [7, 11) is 1.49. The molecule has 0 amide bonds. The van der Waals surface area contributed by atoms with E-state index in [1.807, 2.05) is 0 Å². The number of hydrogen-bond acceptors (Lipinski definition) is 9. The third-order valence-corrected chi connectivity index (χ3v) is 4.23. The fraction of sp³-hybridized carbons (Fsp3) is 0.438. The number of aromatic nitrogens is 3. The monoisotopic (exact) mass is 360 g/mol.